The van der Waals surface area contributed by atoms with E-state index in [1.165, 1.54) is 11.3 Å². The zero-order valence-electron chi connectivity index (χ0n) is 28.9. The Hall–Kier alpha value is -4.94. The largest absolute Gasteiger partial charge is 0.496 e. The van der Waals surface area contributed by atoms with E-state index in [2.05, 4.69) is 63.5 Å². The first-order valence-electron chi connectivity index (χ1n) is 17.5. The van der Waals surface area contributed by atoms with Crippen molar-refractivity contribution in [1.29, 1.82) is 0 Å². The number of anilines is 1. The van der Waals surface area contributed by atoms with Gasteiger partial charge in [-0.3, -0.25) is 0 Å². The van der Waals surface area contributed by atoms with Gasteiger partial charge in [0.2, 0.25) is 5.79 Å². The molecule has 12 nitrogen and oxygen atoms in total. The molecule has 0 radical (unpaired) electrons. The SMILES string of the molecule is CCC(C)n1ncn(-c2ccc(N3CCCC(c4ccc(OC[C@@H]5COC(Cn6nccn6)(c6ccccc6OC)O5)cc4)CC3)cc2)c1=O. The fourth-order valence-corrected chi connectivity index (χ4v) is 6.93. The molecule has 2 aromatic heterocycles. The van der Waals surface area contributed by atoms with Gasteiger partial charge in [-0.05, 0) is 92.6 Å². The standard InChI is InChI=1S/C38H45N7O5/c1-4-28(2)45-37(46)43(27-41-45)32-15-13-31(14-16-32)42-22-7-8-29(19-23-42)30-11-17-33(18-12-30)48-24-34-25-49-38(50-34,26-44-39-20-21-40-44)35-9-5-6-10-36(35)47-3/h5-6,9-18,20-21,27-29,34H,4,7-8,19,22-26H2,1-3H3/t28?,29?,34-,38?/m1/s1. The molecule has 2 aliphatic heterocycles. The van der Waals surface area contributed by atoms with Gasteiger partial charge in [0.1, 0.15) is 37.1 Å². The minimum absolute atomic E-state index is 0.0714. The van der Waals surface area contributed by atoms with E-state index in [-0.39, 0.29) is 24.4 Å². The van der Waals surface area contributed by atoms with Crippen molar-refractivity contribution in [1.82, 2.24) is 29.3 Å². The van der Waals surface area contributed by atoms with Crippen molar-refractivity contribution in [2.45, 2.75) is 69.9 Å². The summed E-state index contributed by atoms with van der Waals surface area (Å²) < 4.78 is 27.9. The monoisotopic (exact) mass is 679 g/mol. The molecule has 2 saturated heterocycles. The summed E-state index contributed by atoms with van der Waals surface area (Å²) in [5.41, 5.74) is 4.02. The number of hydrogen-bond acceptors (Lipinski definition) is 9. The van der Waals surface area contributed by atoms with Crippen molar-refractivity contribution in [2.24, 2.45) is 0 Å². The number of hydrogen-bond donors (Lipinski definition) is 0. The number of nitrogens with zero attached hydrogens (tertiary/aromatic N) is 7. The van der Waals surface area contributed by atoms with Crippen molar-refractivity contribution in [3.63, 3.8) is 0 Å². The second-order valence-electron chi connectivity index (χ2n) is 13.1. The lowest BCUT2D eigenvalue weighted by Crippen LogP contribution is -2.35. The van der Waals surface area contributed by atoms with E-state index in [4.69, 9.17) is 18.9 Å². The first-order chi connectivity index (χ1) is 24.5. The van der Waals surface area contributed by atoms with Gasteiger partial charge >= 0.3 is 5.69 Å². The average Bonchev–Trinajstić information content (AvgIpc) is 3.88. The second-order valence-corrected chi connectivity index (χ2v) is 13.1. The maximum atomic E-state index is 12.9. The van der Waals surface area contributed by atoms with Gasteiger partial charge in [0.25, 0.3) is 0 Å². The molecule has 0 aliphatic carbocycles. The molecule has 5 aromatic rings. The van der Waals surface area contributed by atoms with Crippen LogP contribution < -0.4 is 20.1 Å². The summed E-state index contributed by atoms with van der Waals surface area (Å²) in [5, 5.41) is 12.9. The molecule has 0 amide bonds. The first-order valence-corrected chi connectivity index (χ1v) is 17.5. The molecule has 3 unspecified atom stereocenters. The van der Waals surface area contributed by atoms with Crippen LogP contribution in [0.3, 0.4) is 0 Å². The van der Waals surface area contributed by atoms with Gasteiger partial charge in [0.15, 0.2) is 0 Å². The van der Waals surface area contributed by atoms with Crippen LogP contribution in [0, 0.1) is 0 Å². The lowest BCUT2D eigenvalue weighted by molar-refractivity contribution is -0.193. The van der Waals surface area contributed by atoms with E-state index in [1.54, 1.807) is 39.9 Å². The van der Waals surface area contributed by atoms with Crippen LogP contribution in [0.25, 0.3) is 5.69 Å². The molecule has 262 valence electrons. The molecule has 7 rings (SSSR count). The van der Waals surface area contributed by atoms with Crippen LogP contribution >= 0.6 is 0 Å². The Labute approximate surface area is 292 Å². The third-order valence-electron chi connectivity index (χ3n) is 9.90. The summed E-state index contributed by atoms with van der Waals surface area (Å²) in [6, 6.07) is 24.5. The lowest BCUT2D eigenvalue weighted by atomic mass is 9.92. The Bertz CT molecular complexity index is 1890. The molecule has 12 heteroatoms. The van der Waals surface area contributed by atoms with E-state index in [0.717, 1.165) is 55.8 Å². The summed E-state index contributed by atoms with van der Waals surface area (Å²) in [4.78, 5) is 16.9. The summed E-state index contributed by atoms with van der Waals surface area (Å²) in [7, 11) is 1.64. The van der Waals surface area contributed by atoms with E-state index in [1.807, 2.05) is 43.3 Å². The van der Waals surface area contributed by atoms with Gasteiger partial charge < -0.3 is 23.8 Å². The molecule has 0 spiro atoms. The number of benzene rings is 3. The van der Waals surface area contributed by atoms with Crippen molar-refractivity contribution in [3.05, 3.63) is 113 Å². The maximum absolute atomic E-state index is 12.9. The summed E-state index contributed by atoms with van der Waals surface area (Å²) >= 11 is 0. The number of para-hydroxylation sites is 1. The van der Waals surface area contributed by atoms with Crippen molar-refractivity contribution in [3.8, 4) is 17.2 Å². The fourth-order valence-electron chi connectivity index (χ4n) is 6.93. The van der Waals surface area contributed by atoms with Gasteiger partial charge in [-0.15, -0.1) is 0 Å². The Morgan fingerprint density at radius 1 is 0.940 bits per heavy atom. The number of rotatable bonds is 12. The van der Waals surface area contributed by atoms with E-state index < -0.39 is 5.79 Å². The van der Waals surface area contributed by atoms with Crippen molar-refractivity contribution < 1.29 is 18.9 Å². The van der Waals surface area contributed by atoms with Gasteiger partial charge in [0.05, 0.1) is 43.4 Å². The Kier molecular flexibility index (Phi) is 9.99. The highest BCUT2D eigenvalue weighted by Gasteiger charge is 2.46. The molecule has 0 bridgehead atoms. The Morgan fingerprint density at radius 3 is 2.46 bits per heavy atom. The molecule has 2 fully saturated rings. The highest BCUT2D eigenvalue weighted by atomic mass is 16.8. The average molecular weight is 680 g/mol. The van der Waals surface area contributed by atoms with Crippen LogP contribution in [0.5, 0.6) is 11.5 Å². The molecule has 4 heterocycles. The minimum atomic E-state index is -1.10. The quantitative estimate of drug-likeness (QED) is 0.163. The van der Waals surface area contributed by atoms with E-state index >= 15 is 0 Å². The van der Waals surface area contributed by atoms with E-state index in [9.17, 15) is 4.79 Å². The van der Waals surface area contributed by atoms with Crippen LogP contribution in [-0.4, -0.2) is 68.9 Å². The summed E-state index contributed by atoms with van der Waals surface area (Å²) in [5.74, 6) is 0.846. The number of ether oxygens (including phenoxy) is 4. The zero-order valence-corrected chi connectivity index (χ0v) is 28.9. The van der Waals surface area contributed by atoms with Crippen molar-refractivity contribution in [2.75, 3.05) is 38.3 Å². The number of aromatic nitrogens is 6. The zero-order chi connectivity index (χ0) is 34.5. The molecular weight excluding hydrogens is 634 g/mol. The van der Waals surface area contributed by atoms with Crippen LogP contribution in [0.1, 0.15) is 62.6 Å². The minimum Gasteiger partial charge on any atom is -0.496 e. The van der Waals surface area contributed by atoms with Gasteiger partial charge in [0, 0.05) is 18.8 Å². The molecule has 50 heavy (non-hydrogen) atoms. The van der Waals surface area contributed by atoms with Crippen molar-refractivity contribution >= 4 is 5.69 Å². The van der Waals surface area contributed by atoms with Gasteiger partial charge in [-0.2, -0.15) is 20.1 Å². The summed E-state index contributed by atoms with van der Waals surface area (Å²) in [6.07, 6.45) is 8.74. The third-order valence-corrected chi connectivity index (χ3v) is 9.90. The predicted molar refractivity (Wildman–Crippen MR) is 189 cm³/mol. The highest BCUT2D eigenvalue weighted by Crippen LogP contribution is 2.40. The molecule has 3 aromatic carbocycles. The van der Waals surface area contributed by atoms with Gasteiger partial charge in [-0.1, -0.05) is 31.2 Å². The van der Waals surface area contributed by atoms with Crippen LogP contribution in [0.2, 0.25) is 0 Å². The molecular formula is C38H45N7O5. The summed E-state index contributed by atoms with van der Waals surface area (Å²) in [6.45, 7) is 7.02. The Morgan fingerprint density at radius 2 is 1.70 bits per heavy atom. The van der Waals surface area contributed by atoms with E-state index in [0.29, 0.717) is 24.9 Å². The molecule has 0 N–H and O–H groups in total. The molecule has 2 aliphatic rings. The molecule has 0 saturated carbocycles. The van der Waals surface area contributed by atoms with Gasteiger partial charge in [-0.25, -0.2) is 14.0 Å². The van der Waals surface area contributed by atoms with Crippen LogP contribution in [-0.2, 0) is 21.8 Å². The fraction of sp³-hybridized carbons (Fsp3) is 0.421. The predicted octanol–water partition coefficient (Wildman–Crippen LogP) is 5.73. The second kappa shape index (κ2) is 14.9. The lowest BCUT2D eigenvalue weighted by Gasteiger charge is -2.29. The van der Waals surface area contributed by atoms with Crippen LogP contribution in [0.15, 0.2) is 96.3 Å². The first kappa shape index (κ1) is 33.6. The molecule has 4 atom stereocenters. The normalized spacial score (nSPS) is 21.5. The number of methoxy groups -OCH3 is 1. The smallest absolute Gasteiger partial charge is 0.350 e. The third kappa shape index (κ3) is 7.03. The van der Waals surface area contributed by atoms with Crippen LogP contribution in [0.4, 0.5) is 5.69 Å². The maximum Gasteiger partial charge on any atom is 0.350 e. The Balaban J connectivity index is 0.942. The topological polar surface area (TPSA) is 111 Å². The highest BCUT2D eigenvalue weighted by molar-refractivity contribution is 5.51.